The zero-order chi connectivity index (χ0) is 10.3. The van der Waals surface area contributed by atoms with Crippen LogP contribution in [0.3, 0.4) is 0 Å². The van der Waals surface area contributed by atoms with Crippen LogP contribution in [0.25, 0.3) is 10.9 Å². The van der Waals surface area contributed by atoms with Gasteiger partial charge in [0.05, 0.1) is 5.52 Å². The van der Waals surface area contributed by atoms with E-state index < -0.39 is 0 Å². The first kappa shape index (κ1) is 9.53. The van der Waals surface area contributed by atoms with Gasteiger partial charge in [-0.15, -0.1) is 11.6 Å². The van der Waals surface area contributed by atoms with Gasteiger partial charge in [-0.2, -0.15) is 0 Å². The van der Waals surface area contributed by atoms with Gasteiger partial charge in [-0.1, -0.05) is 0 Å². The lowest BCUT2D eigenvalue weighted by Crippen LogP contribution is -1.83. The quantitative estimate of drug-likeness (QED) is 0.693. The number of aromatic nitrogens is 1. The van der Waals surface area contributed by atoms with Crippen molar-refractivity contribution in [2.45, 2.75) is 19.7 Å². The first-order chi connectivity index (χ1) is 6.65. The Balaban J connectivity index is 2.87. The van der Waals surface area contributed by atoms with Gasteiger partial charge in [0.15, 0.2) is 0 Å². The molecule has 0 aliphatic rings. The zero-order valence-electron chi connectivity index (χ0n) is 8.12. The summed E-state index contributed by atoms with van der Waals surface area (Å²) in [7, 11) is 0. The van der Waals surface area contributed by atoms with Crippen LogP contribution in [-0.2, 0) is 5.88 Å². The van der Waals surface area contributed by atoms with E-state index in [-0.39, 0.29) is 5.82 Å². The molecule has 0 fully saturated rings. The average Bonchev–Trinajstić information content (AvgIpc) is 2.49. The normalized spacial score (nSPS) is 11.1. The van der Waals surface area contributed by atoms with Crippen LogP contribution < -0.4 is 0 Å². The Morgan fingerprint density at radius 2 is 2.07 bits per heavy atom. The minimum absolute atomic E-state index is 0.181. The first-order valence-electron chi connectivity index (χ1n) is 4.47. The van der Waals surface area contributed by atoms with Gasteiger partial charge in [-0.05, 0) is 31.5 Å². The molecule has 1 N–H and O–H groups in total. The lowest BCUT2D eigenvalue weighted by atomic mass is 10.1. The van der Waals surface area contributed by atoms with E-state index in [9.17, 15) is 4.39 Å². The minimum Gasteiger partial charge on any atom is -0.358 e. The number of hydrogen-bond acceptors (Lipinski definition) is 0. The smallest absolute Gasteiger partial charge is 0.128 e. The van der Waals surface area contributed by atoms with Crippen molar-refractivity contribution in [3.05, 3.63) is 34.8 Å². The Kier molecular flexibility index (Phi) is 2.23. The maximum atomic E-state index is 13.2. The number of rotatable bonds is 1. The van der Waals surface area contributed by atoms with E-state index in [0.717, 1.165) is 22.2 Å². The molecule has 3 heteroatoms. The van der Waals surface area contributed by atoms with Gasteiger partial charge in [0.1, 0.15) is 5.82 Å². The molecule has 14 heavy (non-hydrogen) atoms. The van der Waals surface area contributed by atoms with Gasteiger partial charge in [-0.25, -0.2) is 4.39 Å². The molecule has 0 spiro atoms. The molecule has 2 rings (SSSR count). The van der Waals surface area contributed by atoms with Gasteiger partial charge >= 0.3 is 0 Å². The standard InChI is InChI=1S/C11H11ClFN/c1-6-10(13)4-3-8-9(5-12)7(2)14-11(6)8/h3-4,14H,5H2,1-2H3. The van der Waals surface area contributed by atoms with Crippen LogP contribution in [0.1, 0.15) is 16.8 Å². The van der Waals surface area contributed by atoms with Gasteiger partial charge in [0, 0.05) is 22.5 Å². The second-order valence-corrected chi connectivity index (χ2v) is 3.72. The summed E-state index contributed by atoms with van der Waals surface area (Å²) in [5, 5.41) is 1.02. The summed E-state index contributed by atoms with van der Waals surface area (Å²) in [5.41, 5.74) is 3.59. The maximum absolute atomic E-state index is 13.2. The van der Waals surface area contributed by atoms with Gasteiger partial charge in [0.2, 0.25) is 0 Å². The summed E-state index contributed by atoms with van der Waals surface area (Å²) >= 11 is 5.83. The Morgan fingerprint density at radius 3 is 2.71 bits per heavy atom. The molecule has 74 valence electrons. The van der Waals surface area contributed by atoms with Crippen LogP contribution in [0.2, 0.25) is 0 Å². The third-order valence-electron chi connectivity index (χ3n) is 2.62. The van der Waals surface area contributed by atoms with Crippen LogP contribution in [0.15, 0.2) is 12.1 Å². The number of alkyl halides is 1. The molecular formula is C11H11ClFN. The largest absolute Gasteiger partial charge is 0.358 e. The molecular weight excluding hydrogens is 201 g/mol. The zero-order valence-corrected chi connectivity index (χ0v) is 8.87. The van der Waals surface area contributed by atoms with E-state index in [2.05, 4.69) is 4.98 Å². The molecule has 0 aliphatic carbocycles. The molecule has 1 aromatic heterocycles. The van der Waals surface area contributed by atoms with E-state index in [1.165, 1.54) is 6.07 Å². The van der Waals surface area contributed by atoms with Crippen molar-refractivity contribution in [3.8, 4) is 0 Å². The van der Waals surface area contributed by atoms with Crippen molar-refractivity contribution in [3.63, 3.8) is 0 Å². The minimum atomic E-state index is -0.181. The fourth-order valence-electron chi connectivity index (χ4n) is 1.74. The van der Waals surface area contributed by atoms with Crippen molar-refractivity contribution in [1.29, 1.82) is 0 Å². The van der Waals surface area contributed by atoms with Crippen LogP contribution in [0.4, 0.5) is 4.39 Å². The molecule has 0 bridgehead atoms. The number of hydrogen-bond donors (Lipinski definition) is 1. The summed E-state index contributed by atoms with van der Waals surface area (Å²) in [6, 6.07) is 3.26. The number of aryl methyl sites for hydroxylation is 2. The molecule has 2 aromatic rings. The number of fused-ring (bicyclic) bond motifs is 1. The second-order valence-electron chi connectivity index (χ2n) is 3.46. The predicted molar refractivity (Wildman–Crippen MR) is 57.3 cm³/mol. The van der Waals surface area contributed by atoms with Crippen LogP contribution in [0, 0.1) is 19.7 Å². The Morgan fingerprint density at radius 1 is 1.36 bits per heavy atom. The molecule has 0 saturated heterocycles. The molecule has 1 aromatic carbocycles. The molecule has 1 heterocycles. The Labute approximate surface area is 86.9 Å². The summed E-state index contributed by atoms with van der Waals surface area (Å²) in [4.78, 5) is 3.16. The summed E-state index contributed by atoms with van der Waals surface area (Å²) in [6.07, 6.45) is 0. The molecule has 0 atom stereocenters. The van der Waals surface area contributed by atoms with Gasteiger partial charge in [-0.3, -0.25) is 0 Å². The van der Waals surface area contributed by atoms with Crippen molar-refractivity contribution in [2.24, 2.45) is 0 Å². The summed E-state index contributed by atoms with van der Waals surface area (Å²) in [5.74, 6) is 0.275. The number of aromatic amines is 1. The predicted octanol–water partition coefficient (Wildman–Crippen LogP) is 3.66. The fraction of sp³-hybridized carbons (Fsp3) is 0.273. The molecule has 0 unspecified atom stereocenters. The summed E-state index contributed by atoms with van der Waals surface area (Å²) < 4.78 is 13.2. The number of halogens is 2. The van der Waals surface area contributed by atoms with Crippen LogP contribution >= 0.6 is 11.6 Å². The third kappa shape index (κ3) is 1.22. The van der Waals surface area contributed by atoms with E-state index in [1.807, 2.05) is 6.92 Å². The topological polar surface area (TPSA) is 15.8 Å². The Bertz CT molecular complexity index is 487. The monoisotopic (exact) mass is 211 g/mol. The lowest BCUT2D eigenvalue weighted by Gasteiger charge is -1.98. The maximum Gasteiger partial charge on any atom is 0.128 e. The molecule has 0 amide bonds. The Hall–Kier alpha value is -1.02. The lowest BCUT2D eigenvalue weighted by molar-refractivity contribution is 0.620. The summed E-state index contributed by atoms with van der Waals surface area (Å²) in [6.45, 7) is 3.72. The molecule has 0 aliphatic heterocycles. The van der Waals surface area contributed by atoms with Gasteiger partial charge in [0.25, 0.3) is 0 Å². The highest BCUT2D eigenvalue weighted by Crippen LogP contribution is 2.27. The highest BCUT2D eigenvalue weighted by atomic mass is 35.5. The van der Waals surface area contributed by atoms with E-state index in [1.54, 1.807) is 13.0 Å². The molecule has 0 saturated carbocycles. The van der Waals surface area contributed by atoms with Crippen LogP contribution in [0.5, 0.6) is 0 Å². The fourth-order valence-corrected chi connectivity index (χ4v) is 2.08. The average molecular weight is 212 g/mol. The third-order valence-corrected chi connectivity index (χ3v) is 2.89. The highest BCUT2D eigenvalue weighted by molar-refractivity contribution is 6.18. The second kappa shape index (κ2) is 3.28. The van der Waals surface area contributed by atoms with E-state index in [4.69, 9.17) is 11.6 Å². The number of nitrogens with one attached hydrogen (secondary N) is 1. The van der Waals surface area contributed by atoms with E-state index >= 15 is 0 Å². The first-order valence-corrected chi connectivity index (χ1v) is 5.01. The number of H-pyrrole nitrogens is 1. The van der Waals surface area contributed by atoms with Crippen LogP contribution in [-0.4, -0.2) is 4.98 Å². The van der Waals surface area contributed by atoms with Crippen molar-refractivity contribution < 1.29 is 4.39 Å². The van der Waals surface area contributed by atoms with Gasteiger partial charge < -0.3 is 4.98 Å². The number of benzene rings is 1. The highest BCUT2D eigenvalue weighted by Gasteiger charge is 2.10. The van der Waals surface area contributed by atoms with Crippen molar-refractivity contribution in [1.82, 2.24) is 4.98 Å². The van der Waals surface area contributed by atoms with Crippen molar-refractivity contribution >= 4 is 22.5 Å². The molecule has 0 radical (unpaired) electrons. The van der Waals surface area contributed by atoms with Crippen molar-refractivity contribution in [2.75, 3.05) is 0 Å². The SMILES string of the molecule is Cc1[nH]c2c(C)c(F)ccc2c1CCl. The van der Waals surface area contributed by atoms with E-state index in [0.29, 0.717) is 11.4 Å². The molecule has 1 nitrogen and oxygen atoms in total.